The summed E-state index contributed by atoms with van der Waals surface area (Å²) in [4.78, 5) is 3.65. The van der Waals surface area contributed by atoms with Gasteiger partial charge in [0.25, 0.3) is 0 Å². The average molecular weight is 276 g/mol. The molecule has 0 aliphatic heterocycles. The van der Waals surface area contributed by atoms with Gasteiger partial charge in [-0.2, -0.15) is 4.39 Å². The van der Waals surface area contributed by atoms with Gasteiger partial charge in [0.05, 0.1) is 0 Å². The summed E-state index contributed by atoms with van der Waals surface area (Å²) in [7, 11) is 0. The third kappa shape index (κ3) is 4.51. The molecule has 106 valence electrons. The van der Waals surface area contributed by atoms with E-state index in [0.29, 0.717) is 11.6 Å². The standard InChI is InChI=1S/C15H17FN2O2/c1-11-4-2-5-13(8-11)20-10-12(19)9-17-15-7-3-6-14(16)18-15/h2-8,12,19H,9-10H2,1H3,(H,17,18). The van der Waals surface area contributed by atoms with Crippen LogP contribution in [0.15, 0.2) is 42.5 Å². The Bertz CT molecular complexity index is 514. The fourth-order valence-electron chi connectivity index (χ4n) is 1.69. The minimum absolute atomic E-state index is 0.159. The Morgan fingerprint density at radius 1 is 1.30 bits per heavy atom. The number of anilines is 1. The van der Waals surface area contributed by atoms with Gasteiger partial charge in [-0.25, -0.2) is 4.98 Å². The van der Waals surface area contributed by atoms with Crippen LogP contribution in [0.25, 0.3) is 0 Å². The van der Waals surface area contributed by atoms with Crippen LogP contribution in [0, 0.1) is 12.9 Å². The van der Waals surface area contributed by atoms with E-state index in [1.54, 1.807) is 12.1 Å². The van der Waals surface area contributed by atoms with Gasteiger partial charge in [-0.3, -0.25) is 0 Å². The van der Waals surface area contributed by atoms with E-state index in [4.69, 9.17) is 4.74 Å². The molecule has 0 bridgehead atoms. The first-order valence-corrected chi connectivity index (χ1v) is 6.37. The number of benzene rings is 1. The zero-order valence-electron chi connectivity index (χ0n) is 11.2. The molecule has 0 fully saturated rings. The van der Waals surface area contributed by atoms with Crippen LogP contribution in [0.2, 0.25) is 0 Å². The molecule has 1 heterocycles. The fourth-order valence-corrected chi connectivity index (χ4v) is 1.69. The van der Waals surface area contributed by atoms with Crippen molar-refractivity contribution in [2.75, 3.05) is 18.5 Å². The number of aryl methyl sites for hydroxylation is 1. The molecule has 1 atom stereocenters. The summed E-state index contributed by atoms with van der Waals surface area (Å²) in [5, 5.41) is 12.7. The van der Waals surface area contributed by atoms with E-state index in [0.717, 1.165) is 5.56 Å². The molecule has 2 N–H and O–H groups in total. The summed E-state index contributed by atoms with van der Waals surface area (Å²) in [6.45, 7) is 2.37. The molecule has 2 aromatic rings. The summed E-state index contributed by atoms with van der Waals surface area (Å²) in [6, 6.07) is 12.1. The van der Waals surface area contributed by atoms with Crippen molar-refractivity contribution in [2.24, 2.45) is 0 Å². The predicted octanol–water partition coefficient (Wildman–Crippen LogP) is 2.38. The Labute approximate surface area is 117 Å². The molecule has 1 aromatic heterocycles. The second kappa shape index (κ2) is 6.86. The van der Waals surface area contributed by atoms with Crippen molar-refractivity contribution in [1.29, 1.82) is 0 Å². The van der Waals surface area contributed by atoms with Crippen LogP contribution < -0.4 is 10.1 Å². The van der Waals surface area contributed by atoms with E-state index >= 15 is 0 Å². The summed E-state index contributed by atoms with van der Waals surface area (Å²) >= 11 is 0. The number of nitrogens with one attached hydrogen (secondary N) is 1. The molecule has 0 aliphatic carbocycles. The second-order valence-corrected chi connectivity index (χ2v) is 4.51. The predicted molar refractivity (Wildman–Crippen MR) is 75.4 cm³/mol. The highest BCUT2D eigenvalue weighted by molar-refractivity contribution is 5.33. The summed E-state index contributed by atoms with van der Waals surface area (Å²) in [6.07, 6.45) is -0.708. The number of aliphatic hydroxyl groups excluding tert-OH is 1. The topological polar surface area (TPSA) is 54.4 Å². The van der Waals surface area contributed by atoms with E-state index in [2.05, 4.69) is 10.3 Å². The summed E-state index contributed by atoms with van der Waals surface area (Å²) in [5.41, 5.74) is 1.10. The van der Waals surface area contributed by atoms with Crippen LogP contribution in [-0.2, 0) is 0 Å². The van der Waals surface area contributed by atoms with E-state index in [1.807, 2.05) is 31.2 Å². The Morgan fingerprint density at radius 3 is 2.85 bits per heavy atom. The van der Waals surface area contributed by atoms with Gasteiger partial charge in [0.1, 0.15) is 24.3 Å². The zero-order chi connectivity index (χ0) is 14.4. The van der Waals surface area contributed by atoms with E-state index < -0.39 is 12.1 Å². The van der Waals surface area contributed by atoms with Crippen molar-refractivity contribution in [3.05, 3.63) is 54.0 Å². The first-order chi connectivity index (χ1) is 9.63. The summed E-state index contributed by atoms with van der Waals surface area (Å²) in [5.74, 6) is 0.549. The van der Waals surface area contributed by atoms with Crippen molar-refractivity contribution in [3.8, 4) is 5.75 Å². The number of aliphatic hydroxyl groups is 1. The number of halogens is 1. The van der Waals surface area contributed by atoms with Crippen LogP contribution in [0.5, 0.6) is 5.75 Å². The molecule has 20 heavy (non-hydrogen) atoms. The fraction of sp³-hybridized carbons (Fsp3) is 0.267. The Kier molecular flexibility index (Phi) is 4.90. The lowest BCUT2D eigenvalue weighted by Crippen LogP contribution is -2.26. The highest BCUT2D eigenvalue weighted by Crippen LogP contribution is 2.12. The number of rotatable bonds is 6. The number of nitrogens with zero attached hydrogens (tertiary/aromatic N) is 1. The molecule has 0 radical (unpaired) electrons. The van der Waals surface area contributed by atoms with Gasteiger partial charge >= 0.3 is 0 Å². The molecule has 2 rings (SSSR count). The van der Waals surface area contributed by atoms with Gasteiger partial charge < -0.3 is 15.2 Å². The Balaban J connectivity index is 1.77. The molecular weight excluding hydrogens is 259 g/mol. The lowest BCUT2D eigenvalue weighted by atomic mass is 10.2. The Morgan fingerprint density at radius 2 is 2.10 bits per heavy atom. The average Bonchev–Trinajstić information content (AvgIpc) is 2.43. The number of hydrogen-bond acceptors (Lipinski definition) is 4. The van der Waals surface area contributed by atoms with E-state index in [-0.39, 0.29) is 13.2 Å². The number of ether oxygens (including phenoxy) is 1. The quantitative estimate of drug-likeness (QED) is 0.795. The first-order valence-electron chi connectivity index (χ1n) is 6.37. The maximum Gasteiger partial charge on any atom is 0.214 e. The van der Waals surface area contributed by atoms with E-state index in [9.17, 15) is 9.50 Å². The largest absolute Gasteiger partial charge is 0.491 e. The minimum atomic E-state index is -0.708. The van der Waals surface area contributed by atoms with Crippen molar-refractivity contribution in [3.63, 3.8) is 0 Å². The van der Waals surface area contributed by atoms with Crippen LogP contribution in [0.4, 0.5) is 10.2 Å². The van der Waals surface area contributed by atoms with Crippen LogP contribution >= 0.6 is 0 Å². The molecule has 1 unspecified atom stereocenters. The molecule has 4 nitrogen and oxygen atoms in total. The number of pyridine rings is 1. The third-order valence-electron chi connectivity index (χ3n) is 2.67. The monoisotopic (exact) mass is 276 g/mol. The number of aromatic nitrogens is 1. The van der Waals surface area contributed by atoms with E-state index in [1.165, 1.54) is 6.07 Å². The molecule has 0 amide bonds. The van der Waals surface area contributed by atoms with Gasteiger partial charge in [-0.1, -0.05) is 18.2 Å². The molecule has 0 spiro atoms. The van der Waals surface area contributed by atoms with Gasteiger partial charge in [0.2, 0.25) is 5.95 Å². The van der Waals surface area contributed by atoms with Crippen molar-refractivity contribution in [2.45, 2.75) is 13.0 Å². The smallest absolute Gasteiger partial charge is 0.214 e. The first kappa shape index (κ1) is 14.3. The maximum absolute atomic E-state index is 12.9. The Hall–Kier alpha value is -2.14. The zero-order valence-corrected chi connectivity index (χ0v) is 11.2. The van der Waals surface area contributed by atoms with Crippen molar-refractivity contribution >= 4 is 5.82 Å². The normalized spacial score (nSPS) is 11.9. The lowest BCUT2D eigenvalue weighted by Gasteiger charge is -2.13. The molecule has 0 saturated heterocycles. The molecule has 0 saturated carbocycles. The summed E-state index contributed by atoms with van der Waals surface area (Å²) < 4.78 is 18.3. The molecule has 1 aromatic carbocycles. The lowest BCUT2D eigenvalue weighted by molar-refractivity contribution is 0.117. The highest BCUT2D eigenvalue weighted by Gasteiger charge is 2.06. The number of hydrogen-bond donors (Lipinski definition) is 2. The minimum Gasteiger partial charge on any atom is -0.491 e. The van der Waals surface area contributed by atoms with Crippen LogP contribution in [-0.4, -0.2) is 29.3 Å². The maximum atomic E-state index is 12.9. The van der Waals surface area contributed by atoms with Crippen LogP contribution in [0.3, 0.4) is 0 Å². The highest BCUT2D eigenvalue weighted by atomic mass is 19.1. The molecular formula is C15H17FN2O2. The second-order valence-electron chi connectivity index (χ2n) is 4.51. The van der Waals surface area contributed by atoms with Gasteiger partial charge in [-0.05, 0) is 36.8 Å². The van der Waals surface area contributed by atoms with Crippen LogP contribution in [0.1, 0.15) is 5.56 Å². The SMILES string of the molecule is Cc1cccc(OCC(O)CNc2cccc(F)n2)c1. The van der Waals surface area contributed by atoms with Crippen molar-refractivity contribution < 1.29 is 14.2 Å². The van der Waals surface area contributed by atoms with Gasteiger partial charge in [0, 0.05) is 6.54 Å². The van der Waals surface area contributed by atoms with Gasteiger partial charge in [0.15, 0.2) is 0 Å². The van der Waals surface area contributed by atoms with Crippen molar-refractivity contribution in [1.82, 2.24) is 4.98 Å². The van der Waals surface area contributed by atoms with Gasteiger partial charge in [-0.15, -0.1) is 0 Å². The molecule has 5 heteroatoms. The molecule has 0 aliphatic rings. The third-order valence-corrected chi connectivity index (χ3v) is 2.67.